The van der Waals surface area contributed by atoms with Crippen LogP contribution in [0.3, 0.4) is 0 Å². The Labute approximate surface area is 238 Å². The second kappa shape index (κ2) is 11.5. The smallest absolute Gasteiger partial charge is 0.234 e. The lowest BCUT2D eigenvalue weighted by atomic mass is 9.68. The third kappa shape index (κ3) is 4.81. The number of aromatic hydroxyl groups is 1. The molecule has 2 aliphatic carbocycles. The van der Waals surface area contributed by atoms with Gasteiger partial charge >= 0.3 is 0 Å². The predicted molar refractivity (Wildman–Crippen MR) is 159 cm³/mol. The highest BCUT2D eigenvalue weighted by atomic mass is 16.5. The molecule has 0 bridgehead atoms. The van der Waals surface area contributed by atoms with E-state index in [9.17, 15) is 14.7 Å². The van der Waals surface area contributed by atoms with Crippen molar-refractivity contribution in [3.8, 4) is 5.75 Å². The van der Waals surface area contributed by atoms with Gasteiger partial charge in [0, 0.05) is 17.3 Å². The van der Waals surface area contributed by atoms with Crippen LogP contribution in [0.1, 0.15) is 90.0 Å². The molecule has 0 unspecified atom stereocenters. The van der Waals surface area contributed by atoms with Crippen LogP contribution in [0.15, 0.2) is 53.1 Å². The molecule has 0 aromatic heterocycles. The van der Waals surface area contributed by atoms with Gasteiger partial charge in [0.15, 0.2) is 0 Å². The Bertz CT molecular complexity index is 1350. The van der Waals surface area contributed by atoms with Crippen LogP contribution in [0.5, 0.6) is 5.75 Å². The fourth-order valence-corrected chi connectivity index (χ4v) is 8.05. The van der Waals surface area contributed by atoms with Gasteiger partial charge < -0.3 is 9.84 Å². The number of fused-ring (bicyclic) bond motifs is 4. The number of carbonyl (C=O) groups is 2. The number of ether oxygens (including phenoxy) is 1. The number of nitrogens with zero attached hydrogens (tertiary/aromatic N) is 1. The molecule has 0 spiro atoms. The summed E-state index contributed by atoms with van der Waals surface area (Å²) in [6.07, 6.45) is 13.2. The first-order valence-electron chi connectivity index (χ1n) is 15.6. The van der Waals surface area contributed by atoms with E-state index >= 15 is 0 Å². The molecule has 2 aromatic rings. The predicted octanol–water partition coefficient (Wildman–Crippen LogP) is 7.57. The molecule has 40 heavy (non-hydrogen) atoms. The van der Waals surface area contributed by atoms with Crippen LogP contribution < -0.4 is 0 Å². The number of hydrogen-bond acceptors (Lipinski definition) is 4. The number of rotatable bonds is 8. The number of imide groups is 1. The summed E-state index contributed by atoms with van der Waals surface area (Å²) in [5.74, 6) is 0.100. The van der Waals surface area contributed by atoms with Crippen molar-refractivity contribution in [1.82, 2.24) is 4.90 Å². The summed E-state index contributed by atoms with van der Waals surface area (Å²) < 4.78 is 6.48. The topological polar surface area (TPSA) is 66.8 Å². The zero-order valence-electron chi connectivity index (χ0n) is 24.0. The van der Waals surface area contributed by atoms with Gasteiger partial charge in [0.05, 0.1) is 24.5 Å². The fourth-order valence-electron chi connectivity index (χ4n) is 8.05. The van der Waals surface area contributed by atoms with E-state index in [4.69, 9.17) is 4.74 Å². The van der Waals surface area contributed by atoms with Crippen molar-refractivity contribution in [2.45, 2.75) is 96.6 Å². The van der Waals surface area contributed by atoms with Crippen LogP contribution in [0.25, 0.3) is 16.8 Å². The Morgan fingerprint density at radius 3 is 2.52 bits per heavy atom. The summed E-state index contributed by atoms with van der Waals surface area (Å²) in [7, 11) is 0. The fraction of sp³-hybridized carbons (Fsp3) is 0.543. The lowest BCUT2D eigenvalue weighted by molar-refractivity contribution is -0.143. The molecule has 1 N–H and O–H groups in total. The summed E-state index contributed by atoms with van der Waals surface area (Å²) in [6.45, 7) is 4.96. The number of benzene rings is 2. The van der Waals surface area contributed by atoms with Crippen molar-refractivity contribution in [1.29, 1.82) is 0 Å². The van der Waals surface area contributed by atoms with E-state index in [1.807, 2.05) is 24.3 Å². The van der Waals surface area contributed by atoms with Gasteiger partial charge in [-0.05, 0) is 67.5 Å². The molecule has 1 saturated carbocycles. The van der Waals surface area contributed by atoms with Crippen LogP contribution in [0.2, 0.25) is 0 Å². The molecule has 6 rings (SSSR count). The molecule has 2 heterocycles. The normalized spacial score (nSPS) is 27.6. The van der Waals surface area contributed by atoms with Crippen LogP contribution >= 0.6 is 0 Å². The third-order valence-corrected chi connectivity index (χ3v) is 10.0. The Morgan fingerprint density at radius 1 is 1.00 bits per heavy atom. The summed E-state index contributed by atoms with van der Waals surface area (Å²) in [5, 5.41) is 12.2. The van der Waals surface area contributed by atoms with Crippen molar-refractivity contribution in [2.75, 3.05) is 6.61 Å². The summed E-state index contributed by atoms with van der Waals surface area (Å²) in [4.78, 5) is 29.1. The number of hydrogen-bond donors (Lipinski definition) is 1. The van der Waals surface area contributed by atoms with Gasteiger partial charge in [-0.1, -0.05) is 87.1 Å². The first kappa shape index (κ1) is 27.3. The summed E-state index contributed by atoms with van der Waals surface area (Å²) in [5.41, 5.74) is 5.21. The maximum Gasteiger partial charge on any atom is 0.234 e. The first-order valence-corrected chi connectivity index (χ1v) is 15.6. The Balaban J connectivity index is 1.23. The van der Waals surface area contributed by atoms with E-state index in [-0.39, 0.29) is 41.7 Å². The standard InChI is InChI=1S/C35H43NO4/c1-3-10-24-20-28-33(35(39)36(34(28)38)25-11-6-5-7-12-25)29-21-40-31(32(24)29)18-15-22(4-2)19-23-16-17-30(37)27-14-9-8-13-26(23)27/h8-9,13-14,16-17,19,25,28-29,31,33,37H,3-7,10-12,15,18,20-21H2,1-2H3/b22-19+/t28-,29+,31-,33-/m1/s1. The highest BCUT2D eigenvalue weighted by Gasteiger charge is 2.57. The second-order valence-corrected chi connectivity index (χ2v) is 12.3. The quantitative estimate of drug-likeness (QED) is 0.276. The van der Waals surface area contributed by atoms with Crippen molar-refractivity contribution < 1.29 is 19.4 Å². The summed E-state index contributed by atoms with van der Waals surface area (Å²) >= 11 is 0. The van der Waals surface area contributed by atoms with E-state index < -0.39 is 0 Å². The Morgan fingerprint density at radius 2 is 1.77 bits per heavy atom. The highest BCUT2D eigenvalue weighted by Crippen LogP contribution is 2.51. The van der Waals surface area contributed by atoms with Gasteiger partial charge in [-0.25, -0.2) is 0 Å². The van der Waals surface area contributed by atoms with Gasteiger partial charge in [0.2, 0.25) is 11.8 Å². The van der Waals surface area contributed by atoms with E-state index in [1.165, 1.54) is 23.1 Å². The van der Waals surface area contributed by atoms with Gasteiger partial charge in [-0.3, -0.25) is 14.5 Å². The van der Waals surface area contributed by atoms with Crippen LogP contribution in [0, 0.1) is 17.8 Å². The average molecular weight is 542 g/mol. The molecule has 2 saturated heterocycles. The minimum Gasteiger partial charge on any atom is -0.507 e. The van der Waals surface area contributed by atoms with Crippen LogP contribution in [-0.2, 0) is 14.3 Å². The number of likely N-dealkylation sites (tertiary alicyclic amines) is 1. The van der Waals surface area contributed by atoms with Crippen molar-refractivity contribution in [3.05, 3.63) is 58.7 Å². The average Bonchev–Trinajstić information content (AvgIpc) is 3.51. The summed E-state index contributed by atoms with van der Waals surface area (Å²) in [6, 6.07) is 11.9. The number of phenols is 1. The van der Waals surface area contributed by atoms with Crippen molar-refractivity contribution in [3.63, 3.8) is 0 Å². The van der Waals surface area contributed by atoms with Gasteiger partial charge in [-0.2, -0.15) is 0 Å². The first-order chi connectivity index (χ1) is 19.5. The van der Waals surface area contributed by atoms with Crippen LogP contribution in [0.4, 0.5) is 0 Å². The maximum atomic E-state index is 13.8. The monoisotopic (exact) mass is 541 g/mol. The van der Waals surface area contributed by atoms with E-state index in [0.717, 1.165) is 80.5 Å². The largest absolute Gasteiger partial charge is 0.507 e. The minimum absolute atomic E-state index is 0.0191. The van der Waals surface area contributed by atoms with Gasteiger partial charge in [0.25, 0.3) is 0 Å². The third-order valence-electron chi connectivity index (χ3n) is 10.0. The molecule has 5 nitrogen and oxygen atoms in total. The molecule has 0 radical (unpaired) electrons. The number of carbonyl (C=O) groups excluding carboxylic acids is 2. The number of amides is 2. The molecular formula is C35H43NO4. The van der Waals surface area contributed by atoms with Crippen molar-refractivity contribution >= 4 is 28.7 Å². The molecule has 5 heteroatoms. The lowest BCUT2D eigenvalue weighted by Gasteiger charge is -2.32. The molecule has 212 valence electrons. The number of allylic oxidation sites excluding steroid dienone is 2. The molecule has 3 fully saturated rings. The van der Waals surface area contributed by atoms with Crippen LogP contribution in [-0.4, -0.2) is 40.6 Å². The zero-order chi connectivity index (χ0) is 27.8. The molecular weight excluding hydrogens is 498 g/mol. The molecule has 4 atom stereocenters. The molecule has 2 amide bonds. The SMILES string of the molecule is CCCC1=C2[C@@H](CC/C(=C/c3ccc(O)c4ccccc34)CC)OC[C@@H]2[C@@H]2C(=O)N(C3CCCCC3)C(=O)[C@@H]2C1. The van der Waals surface area contributed by atoms with Gasteiger partial charge in [0.1, 0.15) is 5.75 Å². The minimum atomic E-state index is -0.236. The highest BCUT2D eigenvalue weighted by molar-refractivity contribution is 6.06. The van der Waals surface area contributed by atoms with E-state index in [1.54, 1.807) is 11.0 Å². The van der Waals surface area contributed by atoms with E-state index in [0.29, 0.717) is 12.4 Å². The van der Waals surface area contributed by atoms with Gasteiger partial charge in [-0.15, -0.1) is 0 Å². The van der Waals surface area contributed by atoms with E-state index in [2.05, 4.69) is 26.0 Å². The lowest BCUT2D eigenvalue weighted by Crippen LogP contribution is -2.42. The molecule has 4 aliphatic rings. The molecule has 2 aliphatic heterocycles. The Hall–Kier alpha value is -2.92. The zero-order valence-corrected chi connectivity index (χ0v) is 24.0. The second-order valence-electron chi connectivity index (χ2n) is 12.3. The molecule has 2 aromatic carbocycles. The maximum absolute atomic E-state index is 13.8. The van der Waals surface area contributed by atoms with Crippen molar-refractivity contribution in [2.24, 2.45) is 17.8 Å². The number of phenolic OH excluding ortho intramolecular Hbond substituents is 1. The Kier molecular flexibility index (Phi) is 7.85.